The molecule has 0 saturated carbocycles. The minimum atomic E-state index is -0.281. The second-order valence-corrected chi connectivity index (χ2v) is 4.55. The highest BCUT2D eigenvalue weighted by Gasteiger charge is 2.15. The number of hydrogen-bond donors (Lipinski definition) is 1. The highest BCUT2D eigenvalue weighted by atomic mass is 35.5. The molecule has 1 aliphatic heterocycles. The first kappa shape index (κ1) is 12.7. The number of benzene rings is 1. The summed E-state index contributed by atoms with van der Waals surface area (Å²) < 4.78 is 10.8. The molecular weight excluding hydrogens is 280 g/mol. The van der Waals surface area contributed by atoms with Gasteiger partial charge in [0.1, 0.15) is 24.2 Å². The van der Waals surface area contributed by atoms with Crippen LogP contribution in [0.2, 0.25) is 5.15 Å². The fourth-order valence-corrected chi connectivity index (χ4v) is 2.01. The van der Waals surface area contributed by atoms with E-state index < -0.39 is 0 Å². The van der Waals surface area contributed by atoms with Crippen molar-refractivity contribution in [2.45, 2.75) is 0 Å². The maximum Gasteiger partial charge on any atom is 0.256 e. The van der Waals surface area contributed by atoms with Crippen LogP contribution in [0.5, 0.6) is 11.5 Å². The summed E-state index contributed by atoms with van der Waals surface area (Å²) in [6.07, 6.45) is 0. The molecule has 0 bridgehead atoms. The summed E-state index contributed by atoms with van der Waals surface area (Å²) >= 11 is 5.77. The average Bonchev–Trinajstić information content (AvgIpc) is 2.47. The third-order valence-electron chi connectivity index (χ3n) is 2.76. The molecule has 1 aromatic carbocycles. The Kier molecular flexibility index (Phi) is 3.43. The molecule has 0 unspecified atom stereocenters. The Balaban J connectivity index is 1.80. The Morgan fingerprint density at radius 2 is 1.95 bits per heavy atom. The lowest BCUT2D eigenvalue weighted by Gasteiger charge is -2.18. The molecule has 0 spiro atoms. The summed E-state index contributed by atoms with van der Waals surface area (Å²) in [5, 5.41) is 3.00. The Bertz CT molecular complexity index is 661. The second kappa shape index (κ2) is 5.38. The molecule has 1 N–H and O–H groups in total. The van der Waals surface area contributed by atoms with E-state index in [0.717, 1.165) is 0 Å². The molecule has 0 fully saturated rings. The maximum atomic E-state index is 12.1. The van der Waals surface area contributed by atoms with Crippen LogP contribution in [-0.2, 0) is 0 Å². The van der Waals surface area contributed by atoms with Crippen molar-refractivity contribution in [2.75, 3.05) is 18.5 Å². The van der Waals surface area contributed by atoms with Crippen LogP contribution in [0.3, 0.4) is 0 Å². The van der Waals surface area contributed by atoms with E-state index in [2.05, 4.69) is 10.3 Å². The highest BCUT2D eigenvalue weighted by molar-refractivity contribution is 6.29. The number of nitrogens with zero attached hydrogens (tertiary/aromatic N) is 1. The van der Waals surface area contributed by atoms with Crippen molar-refractivity contribution in [1.82, 2.24) is 4.98 Å². The van der Waals surface area contributed by atoms with Gasteiger partial charge in [0, 0.05) is 5.56 Å². The molecule has 3 rings (SSSR count). The SMILES string of the molecule is O=C(Nc1cccc(Cl)n1)c1ccc2c(c1)OCCO2. The number of carbonyl (C=O) groups is 1. The molecule has 20 heavy (non-hydrogen) atoms. The predicted molar refractivity (Wildman–Crippen MR) is 74.6 cm³/mol. The minimum absolute atomic E-state index is 0.281. The van der Waals surface area contributed by atoms with Crippen molar-refractivity contribution in [2.24, 2.45) is 0 Å². The standard InChI is InChI=1S/C14H11ClN2O3/c15-12-2-1-3-13(16-12)17-14(18)9-4-5-10-11(8-9)20-7-6-19-10/h1-5,8H,6-7H2,(H,16,17,18). The van der Waals surface area contributed by atoms with Crippen LogP contribution in [0.4, 0.5) is 5.82 Å². The zero-order valence-corrected chi connectivity index (χ0v) is 11.2. The number of carbonyl (C=O) groups excluding carboxylic acids is 1. The summed E-state index contributed by atoms with van der Waals surface area (Å²) in [5.74, 6) is 1.34. The molecular formula is C14H11ClN2O3. The van der Waals surface area contributed by atoms with Gasteiger partial charge in [-0.15, -0.1) is 0 Å². The molecule has 6 heteroatoms. The molecule has 0 saturated heterocycles. The fraction of sp³-hybridized carbons (Fsp3) is 0.143. The van der Waals surface area contributed by atoms with E-state index in [1.54, 1.807) is 36.4 Å². The first-order valence-electron chi connectivity index (χ1n) is 6.06. The highest BCUT2D eigenvalue weighted by Crippen LogP contribution is 2.30. The van der Waals surface area contributed by atoms with Gasteiger partial charge in [-0.1, -0.05) is 17.7 Å². The van der Waals surface area contributed by atoms with Gasteiger partial charge in [0.05, 0.1) is 0 Å². The van der Waals surface area contributed by atoms with Crippen molar-refractivity contribution in [3.8, 4) is 11.5 Å². The van der Waals surface area contributed by atoms with Crippen LogP contribution in [0.1, 0.15) is 10.4 Å². The summed E-state index contributed by atoms with van der Waals surface area (Å²) in [7, 11) is 0. The monoisotopic (exact) mass is 290 g/mol. The Hall–Kier alpha value is -2.27. The lowest BCUT2D eigenvalue weighted by molar-refractivity contribution is 0.102. The van der Waals surface area contributed by atoms with Gasteiger partial charge in [-0.3, -0.25) is 4.79 Å². The Labute approximate surface area is 120 Å². The van der Waals surface area contributed by atoms with Crippen molar-refractivity contribution in [3.63, 3.8) is 0 Å². The average molecular weight is 291 g/mol. The number of rotatable bonds is 2. The van der Waals surface area contributed by atoms with Crippen LogP contribution >= 0.6 is 11.6 Å². The molecule has 1 aliphatic rings. The molecule has 0 atom stereocenters. The molecule has 102 valence electrons. The third kappa shape index (κ3) is 2.67. The van der Waals surface area contributed by atoms with Gasteiger partial charge in [-0.2, -0.15) is 0 Å². The van der Waals surface area contributed by atoms with Crippen LogP contribution < -0.4 is 14.8 Å². The maximum absolute atomic E-state index is 12.1. The van der Waals surface area contributed by atoms with Gasteiger partial charge in [-0.25, -0.2) is 4.98 Å². The third-order valence-corrected chi connectivity index (χ3v) is 2.97. The van der Waals surface area contributed by atoms with E-state index in [1.807, 2.05) is 0 Å². The second-order valence-electron chi connectivity index (χ2n) is 4.16. The number of fused-ring (bicyclic) bond motifs is 1. The predicted octanol–water partition coefficient (Wildman–Crippen LogP) is 2.76. The summed E-state index contributed by atoms with van der Waals surface area (Å²) in [5.41, 5.74) is 0.469. The van der Waals surface area contributed by atoms with Gasteiger partial charge in [-0.05, 0) is 30.3 Å². The lowest BCUT2D eigenvalue weighted by atomic mass is 10.2. The topological polar surface area (TPSA) is 60.5 Å². The summed E-state index contributed by atoms with van der Waals surface area (Å²) in [6.45, 7) is 0.999. The first-order valence-corrected chi connectivity index (χ1v) is 6.44. The normalized spacial score (nSPS) is 12.8. The number of hydrogen-bond acceptors (Lipinski definition) is 4. The number of aromatic nitrogens is 1. The molecule has 0 radical (unpaired) electrons. The zero-order chi connectivity index (χ0) is 13.9. The van der Waals surface area contributed by atoms with Gasteiger partial charge in [0.15, 0.2) is 11.5 Å². The molecule has 1 aromatic heterocycles. The quantitative estimate of drug-likeness (QED) is 0.864. The number of nitrogens with one attached hydrogen (secondary N) is 1. The van der Waals surface area contributed by atoms with Crippen molar-refractivity contribution in [1.29, 1.82) is 0 Å². The van der Waals surface area contributed by atoms with Crippen LogP contribution in [0.15, 0.2) is 36.4 Å². The van der Waals surface area contributed by atoms with Crippen molar-refractivity contribution in [3.05, 3.63) is 47.1 Å². The smallest absolute Gasteiger partial charge is 0.256 e. The van der Waals surface area contributed by atoms with Crippen molar-refractivity contribution < 1.29 is 14.3 Å². The Morgan fingerprint density at radius 1 is 1.15 bits per heavy atom. The molecule has 2 heterocycles. The van der Waals surface area contributed by atoms with E-state index in [9.17, 15) is 4.79 Å². The number of ether oxygens (including phenoxy) is 2. The Morgan fingerprint density at radius 3 is 2.75 bits per heavy atom. The number of anilines is 1. The van der Waals surface area contributed by atoms with E-state index in [4.69, 9.17) is 21.1 Å². The van der Waals surface area contributed by atoms with Gasteiger partial charge >= 0.3 is 0 Å². The number of pyridine rings is 1. The zero-order valence-electron chi connectivity index (χ0n) is 10.4. The van der Waals surface area contributed by atoms with E-state index in [-0.39, 0.29) is 5.91 Å². The molecule has 0 aliphatic carbocycles. The van der Waals surface area contributed by atoms with Crippen LogP contribution in [0.25, 0.3) is 0 Å². The van der Waals surface area contributed by atoms with E-state index >= 15 is 0 Å². The largest absolute Gasteiger partial charge is 0.486 e. The molecule has 1 amide bonds. The van der Waals surface area contributed by atoms with Gasteiger partial charge < -0.3 is 14.8 Å². The summed E-state index contributed by atoms with van der Waals surface area (Å²) in [4.78, 5) is 16.1. The lowest BCUT2D eigenvalue weighted by Crippen LogP contribution is -2.17. The van der Waals surface area contributed by atoms with E-state index in [0.29, 0.717) is 41.2 Å². The fourth-order valence-electron chi connectivity index (χ4n) is 1.85. The summed E-state index contributed by atoms with van der Waals surface area (Å²) in [6, 6.07) is 10.1. The number of amides is 1. The molecule has 5 nitrogen and oxygen atoms in total. The van der Waals surface area contributed by atoms with Gasteiger partial charge in [0.2, 0.25) is 0 Å². The first-order chi connectivity index (χ1) is 9.72. The van der Waals surface area contributed by atoms with Crippen LogP contribution in [0, 0.1) is 0 Å². The minimum Gasteiger partial charge on any atom is -0.486 e. The van der Waals surface area contributed by atoms with E-state index in [1.165, 1.54) is 0 Å². The van der Waals surface area contributed by atoms with Crippen molar-refractivity contribution >= 4 is 23.3 Å². The number of halogens is 1. The van der Waals surface area contributed by atoms with Crippen LogP contribution in [-0.4, -0.2) is 24.1 Å². The van der Waals surface area contributed by atoms with Gasteiger partial charge in [0.25, 0.3) is 5.91 Å². The molecule has 2 aromatic rings.